The topological polar surface area (TPSA) is 55.0 Å². The number of H-pyrrole nitrogens is 1. The van der Waals surface area contributed by atoms with Crippen LogP contribution in [0.15, 0.2) is 12.7 Å². The number of hydrogen-bond donors (Lipinski definition) is 1. The van der Waals surface area contributed by atoms with Crippen LogP contribution in [0.1, 0.15) is 11.3 Å². The number of carbonyl (C=O) groups is 1. The van der Waals surface area contributed by atoms with E-state index in [9.17, 15) is 4.79 Å². The molecule has 0 fully saturated rings. The Morgan fingerprint density at radius 2 is 2.33 bits per heavy atom. The van der Waals surface area contributed by atoms with Crippen molar-refractivity contribution >= 4 is 5.97 Å². The number of aromatic amines is 1. The van der Waals surface area contributed by atoms with E-state index >= 15 is 0 Å². The van der Waals surface area contributed by atoms with Gasteiger partial charge in [-0.05, 0) is 13.8 Å². The molecule has 0 aromatic carbocycles. The van der Waals surface area contributed by atoms with Gasteiger partial charge in [-0.1, -0.05) is 6.58 Å². The van der Waals surface area contributed by atoms with Crippen LogP contribution in [0.2, 0.25) is 0 Å². The number of aromatic nitrogens is 2. The van der Waals surface area contributed by atoms with Crippen molar-refractivity contribution in [1.29, 1.82) is 0 Å². The predicted molar refractivity (Wildman–Crippen MR) is 43.9 cm³/mol. The maximum Gasteiger partial charge on any atom is 0.336 e. The van der Waals surface area contributed by atoms with E-state index in [2.05, 4.69) is 16.8 Å². The number of aryl methyl sites for hydroxylation is 1. The number of hydrogen-bond acceptors (Lipinski definition) is 3. The number of ether oxygens (including phenoxy) is 1. The molecule has 4 heteroatoms. The monoisotopic (exact) mass is 166 g/mol. The number of nitrogens with one attached hydrogen (secondary N) is 1. The third kappa shape index (κ3) is 1.53. The number of rotatable bonds is 2. The summed E-state index contributed by atoms with van der Waals surface area (Å²) in [6.07, 6.45) is 1.10. The van der Waals surface area contributed by atoms with Crippen molar-refractivity contribution in [3.05, 3.63) is 23.9 Å². The molecule has 0 aliphatic carbocycles. The second kappa shape index (κ2) is 3.21. The Kier molecular flexibility index (Phi) is 2.28. The Morgan fingerprint density at radius 1 is 1.67 bits per heavy atom. The summed E-state index contributed by atoms with van der Waals surface area (Å²) in [7, 11) is 0. The van der Waals surface area contributed by atoms with Gasteiger partial charge in [0, 0.05) is 17.3 Å². The van der Waals surface area contributed by atoms with Crippen molar-refractivity contribution in [2.75, 3.05) is 0 Å². The van der Waals surface area contributed by atoms with E-state index in [1.165, 1.54) is 0 Å². The summed E-state index contributed by atoms with van der Waals surface area (Å²) in [5, 5.41) is 6.49. The van der Waals surface area contributed by atoms with Crippen LogP contribution in [0.4, 0.5) is 0 Å². The summed E-state index contributed by atoms with van der Waals surface area (Å²) in [6, 6.07) is 0. The molecule has 0 bridgehead atoms. The van der Waals surface area contributed by atoms with E-state index in [1.54, 1.807) is 0 Å². The fraction of sp³-hybridized carbons (Fsp3) is 0.250. The SMILES string of the molecule is C=CC(=O)Oc1n[nH]c(C)c1C. The molecule has 0 aliphatic rings. The number of nitrogens with zero attached hydrogens (tertiary/aromatic N) is 1. The molecule has 64 valence electrons. The molecule has 0 aliphatic heterocycles. The van der Waals surface area contributed by atoms with Crippen LogP contribution in [0.5, 0.6) is 5.88 Å². The maximum absolute atomic E-state index is 10.7. The second-order valence-corrected chi connectivity index (χ2v) is 2.40. The van der Waals surface area contributed by atoms with E-state index in [4.69, 9.17) is 4.74 Å². The van der Waals surface area contributed by atoms with Crippen molar-refractivity contribution in [2.45, 2.75) is 13.8 Å². The molecule has 1 rings (SSSR count). The molecular formula is C8H10N2O2. The van der Waals surface area contributed by atoms with Gasteiger partial charge < -0.3 is 4.74 Å². The van der Waals surface area contributed by atoms with Gasteiger partial charge in [-0.2, -0.15) is 0 Å². The van der Waals surface area contributed by atoms with Gasteiger partial charge in [-0.3, -0.25) is 5.10 Å². The summed E-state index contributed by atoms with van der Waals surface area (Å²) in [5.41, 5.74) is 1.73. The summed E-state index contributed by atoms with van der Waals surface area (Å²) >= 11 is 0. The van der Waals surface area contributed by atoms with Gasteiger partial charge in [-0.25, -0.2) is 4.79 Å². The van der Waals surface area contributed by atoms with Gasteiger partial charge >= 0.3 is 5.97 Å². The predicted octanol–water partition coefficient (Wildman–Crippen LogP) is 1.12. The zero-order valence-corrected chi connectivity index (χ0v) is 7.05. The molecule has 1 N–H and O–H groups in total. The Bertz CT molecular complexity index is 315. The van der Waals surface area contributed by atoms with Crippen molar-refractivity contribution < 1.29 is 9.53 Å². The molecule has 0 saturated heterocycles. The lowest BCUT2D eigenvalue weighted by Gasteiger charge is -1.96. The van der Waals surface area contributed by atoms with E-state index in [1.807, 2.05) is 13.8 Å². The zero-order chi connectivity index (χ0) is 9.14. The van der Waals surface area contributed by atoms with Gasteiger partial charge in [0.15, 0.2) is 0 Å². The Hall–Kier alpha value is -1.58. The highest BCUT2D eigenvalue weighted by molar-refractivity contribution is 5.83. The van der Waals surface area contributed by atoms with Crippen LogP contribution in [0.25, 0.3) is 0 Å². The lowest BCUT2D eigenvalue weighted by Crippen LogP contribution is -2.04. The number of carbonyl (C=O) groups excluding carboxylic acids is 1. The van der Waals surface area contributed by atoms with E-state index < -0.39 is 5.97 Å². The third-order valence-electron chi connectivity index (χ3n) is 1.57. The highest BCUT2D eigenvalue weighted by Gasteiger charge is 2.08. The molecule has 4 nitrogen and oxygen atoms in total. The first-order chi connectivity index (χ1) is 5.65. The first-order valence-corrected chi connectivity index (χ1v) is 3.51. The zero-order valence-electron chi connectivity index (χ0n) is 7.05. The first-order valence-electron chi connectivity index (χ1n) is 3.51. The largest absolute Gasteiger partial charge is 0.402 e. The van der Waals surface area contributed by atoms with Gasteiger partial charge in [0.1, 0.15) is 0 Å². The van der Waals surface area contributed by atoms with Crippen LogP contribution in [-0.4, -0.2) is 16.2 Å². The molecule has 0 amide bonds. The first kappa shape index (κ1) is 8.52. The third-order valence-corrected chi connectivity index (χ3v) is 1.57. The van der Waals surface area contributed by atoms with Crippen LogP contribution < -0.4 is 4.74 Å². The Labute approximate surface area is 70.2 Å². The molecule has 0 unspecified atom stereocenters. The van der Waals surface area contributed by atoms with Crippen molar-refractivity contribution in [2.24, 2.45) is 0 Å². The van der Waals surface area contributed by atoms with Crippen LogP contribution in [0, 0.1) is 13.8 Å². The highest BCUT2D eigenvalue weighted by atomic mass is 16.5. The summed E-state index contributed by atoms with van der Waals surface area (Å²) < 4.78 is 4.82. The summed E-state index contributed by atoms with van der Waals surface area (Å²) in [5.74, 6) is -0.179. The lowest BCUT2D eigenvalue weighted by molar-refractivity contribution is -0.129. The minimum Gasteiger partial charge on any atom is -0.402 e. The van der Waals surface area contributed by atoms with E-state index in [0.29, 0.717) is 5.88 Å². The summed E-state index contributed by atoms with van der Waals surface area (Å²) in [6.45, 7) is 6.96. The van der Waals surface area contributed by atoms with Crippen molar-refractivity contribution in [3.8, 4) is 5.88 Å². The van der Waals surface area contributed by atoms with Crippen molar-refractivity contribution in [1.82, 2.24) is 10.2 Å². The van der Waals surface area contributed by atoms with Crippen molar-refractivity contribution in [3.63, 3.8) is 0 Å². The molecule has 0 saturated carbocycles. The van der Waals surface area contributed by atoms with Gasteiger partial charge in [0.2, 0.25) is 5.88 Å². The minimum absolute atomic E-state index is 0.317. The molecule has 0 atom stereocenters. The van der Waals surface area contributed by atoms with Gasteiger partial charge in [0.05, 0.1) is 0 Å². The Morgan fingerprint density at radius 3 is 2.75 bits per heavy atom. The van der Waals surface area contributed by atoms with Crippen LogP contribution >= 0.6 is 0 Å². The molecule has 12 heavy (non-hydrogen) atoms. The minimum atomic E-state index is -0.496. The Balaban J connectivity index is 2.82. The van der Waals surface area contributed by atoms with Gasteiger partial charge in [0.25, 0.3) is 0 Å². The normalized spacial score (nSPS) is 9.50. The number of esters is 1. The highest BCUT2D eigenvalue weighted by Crippen LogP contribution is 2.16. The fourth-order valence-corrected chi connectivity index (χ4v) is 0.699. The van der Waals surface area contributed by atoms with E-state index in [0.717, 1.165) is 17.3 Å². The summed E-state index contributed by atoms with van der Waals surface area (Å²) in [4.78, 5) is 10.7. The molecule has 0 spiro atoms. The van der Waals surface area contributed by atoms with Gasteiger partial charge in [-0.15, -0.1) is 5.10 Å². The quantitative estimate of drug-likeness (QED) is 0.529. The smallest absolute Gasteiger partial charge is 0.336 e. The standard InChI is InChI=1S/C8H10N2O2/c1-4-7(11)12-8-5(2)6(3)9-10-8/h4H,1H2,2-3H3,(H,9,10). The fourth-order valence-electron chi connectivity index (χ4n) is 0.699. The molecular weight excluding hydrogens is 156 g/mol. The lowest BCUT2D eigenvalue weighted by atomic mass is 10.3. The maximum atomic E-state index is 10.7. The molecule has 0 radical (unpaired) electrons. The average Bonchev–Trinajstić information content (AvgIpc) is 2.36. The van der Waals surface area contributed by atoms with Crippen LogP contribution in [-0.2, 0) is 4.79 Å². The second-order valence-electron chi connectivity index (χ2n) is 2.40. The molecule has 1 aromatic heterocycles. The van der Waals surface area contributed by atoms with E-state index in [-0.39, 0.29) is 0 Å². The molecule has 1 heterocycles. The molecule has 1 aromatic rings. The average molecular weight is 166 g/mol. The van der Waals surface area contributed by atoms with Crippen LogP contribution in [0.3, 0.4) is 0 Å².